The summed E-state index contributed by atoms with van der Waals surface area (Å²) in [4.78, 5) is 0. The molecule has 1 heterocycles. The summed E-state index contributed by atoms with van der Waals surface area (Å²) in [5, 5.41) is 0. The number of hydrogen-bond acceptors (Lipinski definition) is 1. The number of aryl methyl sites for hydroxylation is 1. The van der Waals surface area contributed by atoms with Crippen molar-refractivity contribution in [3.8, 4) is 22.3 Å². The van der Waals surface area contributed by atoms with Crippen molar-refractivity contribution in [2.45, 2.75) is 38.2 Å². The lowest BCUT2D eigenvalue weighted by atomic mass is 9.89. The average molecular weight is 422 g/mol. The van der Waals surface area contributed by atoms with Crippen LogP contribution in [-0.4, -0.2) is 12.7 Å². The third-order valence-corrected chi connectivity index (χ3v) is 6.09. The number of benzene rings is 3. The van der Waals surface area contributed by atoms with Gasteiger partial charge in [-0.1, -0.05) is 61.5 Å². The third kappa shape index (κ3) is 4.31. The summed E-state index contributed by atoms with van der Waals surface area (Å²) in [6, 6.07) is 15.5. The zero-order chi connectivity index (χ0) is 22.0. The summed E-state index contributed by atoms with van der Waals surface area (Å²) in [5.41, 5.74) is 3.37. The number of ether oxygens (including phenoxy) is 1. The summed E-state index contributed by atoms with van der Waals surface area (Å²) < 4.78 is 49.1. The highest BCUT2D eigenvalue weighted by Gasteiger charge is 2.23. The molecule has 0 amide bonds. The molecular formula is C27H25F3O. The smallest absolute Gasteiger partial charge is 0.166 e. The van der Waals surface area contributed by atoms with Crippen LogP contribution in [0.3, 0.4) is 0 Å². The minimum Gasteiger partial charge on any atom is -0.374 e. The first-order chi connectivity index (χ1) is 15.0. The number of hydrogen-bond donors (Lipinski definition) is 0. The zero-order valence-electron chi connectivity index (χ0n) is 17.5. The van der Waals surface area contributed by atoms with Crippen molar-refractivity contribution in [3.05, 3.63) is 95.8 Å². The molecule has 1 aliphatic heterocycles. The van der Waals surface area contributed by atoms with Gasteiger partial charge in [-0.3, -0.25) is 0 Å². The van der Waals surface area contributed by atoms with Gasteiger partial charge in [0.25, 0.3) is 0 Å². The van der Waals surface area contributed by atoms with Crippen molar-refractivity contribution in [3.63, 3.8) is 0 Å². The maximum atomic E-state index is 14.8. The molecule has 0 aromatic heterocycles. The van der Waals surface area contributed by atoms with Crippen LogP contribution in [0.5, 0.6) is 0 Å². The predicted octanol–water partition coefficient (Wildman–Crippen LogP) is 7.45. The van der Waals surface area contributed by atoms with Crippen LogP contribution in [0.25, 0.3) is 22.3 Å². The molecule has 4 heteroatoms. The summed E-state index contributed by atoms with van der Waals surface area (Å²) in [6.45, 7) is 6.02. The van der Waals surface area contributed by atoms with Gasteiger partial charge in [0.2, 0.25) is 0 Å². The van der Waals surface area contributed by atoms with Crippen LogP contribution in [0.1, 0.15) is 36.8 Å². The van der Waals surface area contributed by atoms with E-state index < -0.39 is 11.6 Å². The second-order valence-corrected chi connectivity index (χ2v) is 7.95. The van der Waals surface area contributed by atoms with Gasteiger partial charge in [-0.2, -0.15) is 0 Å². The van der Waals surface area contributed by atoms with E-state index in [1.165, 1.54) is 6.07 Å². The van der Waals surface area contributed by atoms with Gasteiger partial charge >= 0.3 is 0 Å². The van der Waals surface area contributed by atoms with E-state index in [0.29, 0.717) is 29.7 Å². The topological polar surface area (TPSA) is 9.23 Å². The Morgan fingerprint density at radius 3 is 2.23 bits per heavy atom. The Bertz CT molecular complexity index is 1080. The van der Waals surface area contributed by atoms with Gasteiger partial charge in [0.05, 0.1) is 12.7 Å². The van der Waals surface area contributed by atoms with Gasteiger partial charge in [0.1, 0.15) is 5.82 Å². The van der Waals surface area contributed by atoms with Crippen molar-refractivity contribution in [2.75, 3.05) is 6.61 Å². The Labute approximate surface area is 181 Å². The molecular weight excluding hydrogens is 397 g/mol. The first kappa shape index (κ1) is 21.4. The van der Waals surface area contributed by atoms with E-state index in [4.69, 9.17) is 4.74 Å². The van der Waals surface area contributed by atoms with Gasteiger partial charge in [-0.15, -0.1) is 6.58 Å². The van der Waals surface area contributed by atoms with Crippen molar-refractivity contribution in [1.82, 2.24) is 0 Å². The Balaban J connectivity index is 1.55. The molecule has 31 heavy (non-hydrogen) atoms. The van der Waals surface area contributed by atoms with E-state index in [2.05, 4.69) is 6.58 Å². The fourth-order valence-corrected chi connectivity index (χ4v) is 4.17. The maximum Gasteiger partial charge on any atom is 0.166 e. The Morgan fingerprint density at radius 1 is 0.903 bits per heavy atom. The molecule has 0 spiro atoms. The second-order valence-electron chi connectivity index (χ2n) is 7.95. The predicted molar refractivity (Wildman–Crippen MR) is 118 cm³/mol. The molecule has 1 fully saturated rings. The number of rotatable bonds is 5. The molecule has 2 unspecified atom stereocenters. The summed E-state index contributed by atoms with van der Waals surface area (Å²) >= 11 is 0. The van der Waals surface area contributed by atoms with Gasteiger partial charge in [0.15, 0.2) is 11.6 Å². The molecule has 1 saturated heterocycles. The average Bonchev–Trinajstić information content (AvgIpc) is 2.81. The summed E-state index contributed by atoms with van der Waals surface area (Å²) in [6.07, 6.45) is 3.98. The highest BCUT2D eigenvalue weighted by molar-refractivity contribution is 5.71. The van der Waals surface area contributed by atoms with Crippen molar-refractivity contribution in [2.24, 2.45) is 0 Å². The van der Waals surface area contributed by atoms with E-state index in [1.54, 1.807) is 49.4 Å². The highest BCUT2D eigenvalue weighted by atomic mass is 19.2. The largest absolute Gasteiger partial charge is 0.374 e. The maximum absolute atomic E-state index is 14.8. The van der Waals surface area contributed by atoms with E-state index in [1.807, 2.05) is 12.1 Å². The second kappa shape index (κ2) is 9.11. The number of halogens is 3. The van der Waals surface area contributed by atoms with E-state index in [9.17, 15) is 13.2 Å². The Hall–Kier alpha value is -2.85. The molecule has 4 rings (SSSR count). The summed E-state index contributed by atoms with van der Waals surface area (Å²) in [7, 11) is 0. The van der Waals surface area contributed by atoms with Gasteiger partial charge in [-0.05, 0) is 53.1 Å². The van der Waals surface area contributed by atoms with Crippen LogP contribution in [-0.2, 0) is 11.2 Å². The molecule has 0 N–H and O–H groups in total. The molecule has 1 nitrogen and oxygen atoms in total. The van der Waals surface area contributed by atoms with E-state index in [-0.39, 0.29) is 23.4 Å². The van der Waals surface area contributed by atoms with E-state index in [0.717, 1.165) is 24.0 Å². The van der Waals surface area contributed by atoms with Crippen molar-refractivity contribution < 1.29 is 17.9 Å². The van der Waals surface area contributed by atoms with Crippen LogP contribution in [0.15, 0.2) is 67.3 Å². The fourth-order valence-electron chi connectivity index (χ4n) is 4.17. The van der Waals surface area contributed by atoms with Crippen LogP contribution in [0.4, 0.5) is 13.2 Å². The minimum absolute atomic E-state index is 0.0385. The van der Waals surface area contributed by atoms with Crippen molar-refractivity contribution >= 4 is 0 Å². The SMILES string of the molecule is C=CC1CCC(c2ccc(-c3ccc(-c4ccc(CC)c(F)c4F)cc3)cc2F)CO1. The molecule has 160 valence electrons. The first-order valence-electron chi connectivity index (χ1n) is 10.6. The summed E-state index contributed by atoms with van der Waals surface area (Å²) in [5.74, 6) is -1.85. The lowest BCUT2D eigenvalue weighted by molar-refractivity contribution is 0.0321. The fraction of sp³-hybridized carbons (Fsp3) is 0.259. The molecule has 1 aliphatic rings. The highest BCUT2D eigenvalue weighted by Crippen LogP contribution is 2.33. The molecule has 3 aromatic rings. The lowest BCUT2D eigenvalue weighted by Gasteiger charge is -2.27. The van der Waals surface area contributed by atoms with Gasteiger partial charge in [0, 0.05) is 11.5 Å². The first-order valence-corrected chi connectivity index (χ1v) is 10.6. The molecule has 0 aliphatic carbocycles. The third-order valence-electron chi connectivity index (χ3n) is 6.09. The normalized spacial score (nSPS) is 18.7. The van der Waals surface area contributed by atoms with Crippen LogP contribution in [0.2, 0.25) is 0 Å². The monoisotopic (exact) mass is 422 g/mol. The zero-order valence-corrected chi connectivity index (χ0v) is 17.5. The van der Waals surface area contributed by atoms with Crippen LogP contribution < -0.4 is 0 Å². The lowest BCUT2D eigenvalue weighted by Crippen LogP contribution is -2.23. The molecule has 0 bridgehead atoms. The van der Waals surface area contributed by atoms with Gasteiger partial charge in [-0.25, -0.2) is 13.2 Å². The quantitative estimate of drug-likeness (QED) is 0.388. The standard InChI is InChI=1S/C27H25F3O/c1-3-17-10-14-24(27(30)26(17)29)19-7-5-18(6-8-19)20-11-13-23(25(28)15-20)21-9-12-22(4-2)31-16-21/h4-8,10-11,13-15,21-22H,2-3,9,12,16H2,1H3. The molecule has 2 atom stereocenters. The Morgan fingerprint density at radius 2 is 1.61 bits per heavy atom. The van der Waals surface area contributed by atoms with Crippen LogP contribution in [0, 0.1) is 17.5 Å². The molecule has 0 radical (unpaired) electrons. The molecule has 0 saturated carbocycles. The van der Waals surface area contributed by atoms with Gasteiger partial charge < -0.3 is 4.74 Å². The van der Waals surface area contributed by atoms with Crippen molar-refractivity contribution in [1.29, 1.82) is 0 Å². The Kier molecular flexibility index (Phi) is 6.28. The molecule has 3 aromatic carbocycles. The van der Waals surface area contributed by atoms with Crippen LogP contribution >= 0.6 is 0 Å². The van der Waals surface area contributed by atoms with E-state index >= 15 is 0 Å². The minimum atomic E-state index is -0.837.